The number of β-amino-alcohol motifs (C(OH)–C–C–N with tert-alkyl or cyclic N) is 1. The van der Waals surface area contributed by atoms with Gasteiger partial charge in [-0.2, -0.15) is 0 Å². The van der Waals surface area contributed by atoms with Gasteiger partial charge in [0.2, 0.25) is 0 Å². The van der Waals surface area contributed by atoms with E-state index in [0.717, 1.165) is 39.3 Å². The van der Waals surface area contributed by atoms with Gasteiger partial charge in [0.1, 0.15) is 0 Å². The molecule has 0 spiro atoms. The lowest BCUT2D eigenvalue weighted by Gasteiger charge is -2.37. The Kier molecular flexibility index (Phi) is 4.55. The molecule has 1 aromatic carbocycles. The number of aliphatic hydroxyl groups excluding tert-OH is 1. The summed E-state index contributed by atoms with van der Waals surface area (Å²) in [6, 6.07) is 11.4. The van der Waals surface area contributed by atoms with E-state index in [1.165, 1.54) is 18.7 Å². The van der Waals surface area contributed by atoms with Gasteiger partial charge in [-0.1, -0.05) is 18.2 Å². The highest BCUT2D eigenvalue weighted by molar-refractivity contribution is 5.47. The molecule has 1 atom stereocenters. The fraction of sp³-hybridized carbons (Fsp3) is 0.625. The standard InChI is InChI=1S/C16H25N3O/c20-13-12-17-8-10-18(11-9-17)16-6-7-19(14-16)15-4-2-1-3-5-15/h1-5,16,20H,6-14H2. The molecule has 1 N–H and O–H groups in total. The lowest BCUT2D eigenvalue weighted by molar-refractivity contribution is 0.0896. The van der Waals surface area contributed by atoms with Crippen molar-refractivity contribution in [3.05, 3.63) is 30.3 Å². The lowest BCUT2D eigenvalue weighted by Crippen LogP contribution is -2.51. The van der Waals surface area contributed by atoms with Crippen molar-refractivity contribution in [2.45, 2.75) is 12.5 Å². The first-order chi connectivity index (χ1) is 9.86. The summed E-state index contributed by atoms with van der Waals surface area (Å²) < 4.78 is 0. The van der Waals surface area contributed by atoms with E-state index < -0.39 is 0 Å². The smallest absolute Gasteiger partial charge is 0.0558 e. The number of nitrogens with zero attached hydrogens (tertiary/aromatic N) is 3. The Labute approximate surface area is 121 Å². The SMILES string of the molecule is OCCN1CCN(C2CCN(c3ccccc3)C2)CC1. The Balaban J connectivity index is 1.51. The van der Waals surface area contributed by atoms with Crippen LogP contribution in [-0.2, 0) is 0 Å². The first-order valence-electron chi connectivity index (χ1n) is 7.74. The molecule has 20 heavy (non-hydrogen) atoms. The van der Waals surface area contributed by atoms with Crippen molar-refractivity contribution in [3.63, 3.8) is 0 Å². The third-order valence-corrected chi connectivity index (χ3v) is 4.62. The molecule has 4 nitrogen and oxygen atoms in total. The van der Waals surface area contributed by atoms with Crippen LogP contribution in [0.15, 0.2) is 30.3 Å². The van der Waals surface area contributed by atoms with Crippen LogP contribution >= 0.6 is 0 Å². The molecule has 3 rings (SSSR count). The first kappa shape index (κ1) is 13.9. The maximum Gasteiger partial charge on any atom is 0.0558 e. The Morgan fingerprint density at radius 1 is 1.00 bits per heavy atom. The molecule has 0 bridgehead atoms. The number of para-hydroxylation sites is 1. The number of hydrogen-bond donors (Lipinski definition) is 1. The number of benzene rings is 1. The van der Waals surface area contributed by atoms with E-state index in [1.807, 2.05) is 0 Å². The van der Waals surface area contributed by atoms with Gasteiger partial charge in [0.15, 0.2) is 0 Å². The van der Waals surface area contributed by atoms with E-state index in [0.29, 0.717) is 6.04 Å². The van der Waals surface area contributed by atoms with Crippen LogP contribution < -0.4 is 4.90 Å². The van der Waals surface area contributed by atoms with Gasteiger partial charge >= 0.3 is 0 Å². The van der Waals surface area contributed by atoms with Crippen molar-refractivity contribution in [1.82, 2.24) is 9.80 Å². The van der Waals surface area contributed by atoms with E-state index in [2.05, 4.69) is 45.0 Å². The quantitative estimate of drug-likeness (QED) is 0.883. The second-order valence-electron chi connectivity index (χ2n) is 5.83. The van der Waals surface area contributed by atoms with Crippen molar-refractivity contribution >= 4 is 5.69 Å². The summed E-state index contributed by atoms with van der Waals surface area (Å²) in [4.78, 5) is 7.50. The zero-order chi connectivity index (χ0) is 13.8. The molecular formula is C16H25N3O. The largest absolute Gasteiger partial charge is 0.395 e. The number of rotatable bonds is 4. The van der Waals surface area contributed by atoms with Gasteiger partial charge in [-0.3, -0.25) is 9.80 Å². The van der Waals surface area contributed by atoms with Crippen LogP contribution in [0.5, 0.6) is 0 Å². The van der Waals surface area contributed by atoms with Gasteiger partial charge in [-0.25, -0.2) is 0 Å². The minimum atomic E-state index is 0.283. The normalized spacial score (nSPS) is 25.2. The van der Waals surface area contributed by atoms with Gasteiger partial charge in [-0.05, 0) is 18.6 Å². The monoisotopic (exact) mass is 275 g/mol. The van der Waals surface area contributed by atoms with E-state index >= 15 is 0 Å². The van der Waals surface area contributed by atoms with E-state index in [-0.39, 0.29) is 6.61 Å². The van der Waals surface area contributed by atoms with Crippen LogP contribution in [0.25, 0.3) is 0 Å². The summed E-state index contributed by atoms with van der Waals surface area (Å²) in [6.45, 7) is 7.93. The second kappa shape index (κ2) is 6.57. The molecule has 2 aliphatic rings. The highest BCUT2D eigenvalue weighted by Crippen LogP contribution is 2.23. The number of aliphatic hydroxyl groups is 1. The maximum atomic E-state index is 8.99. The Bertz CT molecular complexity index is 403. The van der Waals surface area contributed by atoms with Crippen molar-refractivity contribution in [2.75, 3.05) is 57.3 Å². The average Bonchev–Trinajstić information content (AvgIpc) is 2.99. The van der Waals surface area contributed by atoms with E-state index in [1.54, 1.807) is 0 Å². The molecule has 1 aromatic rings. The highest BCUT2D eigenvalue weighted by atomic mass is 16.3. The molecule has 110 valence electrons. The third-order valence-electron chi connectivity index (χ3n) is 4.62. The molecule has 0 amide bonds. The predicted octanol–water partition coefficient (Wildman–Crippen LogP) is 0.875. The summed E-state index contributed by atoms with van der Waals surface area (Å²) in [5.41, 5.74) is 1.36. The molecule has 1 unspecified atom stereocenters. The zero-order valence-corrected chi connectivity index (χ0v) is 12.1. The molecular weight excluding hydrogens is 250 g/mol. The summed E-state index contributed by atoms with van der Waals surface area (Å²) in [6.07, 6.45) is 1.27. The summed E-state index contributed by atoms with van der Waals surface area (Å²) >= 11 is 0. The van der Waals surface area contributed by atoms with Gasteiger partial charge < -0.3 is 10.0 Å². The molecule has 2 heterocycles. The average molecular weight is 275 g/mol. The Hall–Kier alpha value is -1.10. The highest BCUT2D eigenvalue weighted by Gasteiger charge is 2.29. The first-order valence-corrected chi connectivity index (χ1v) is 7.74. The van der Waals surface area contributed by atoms with Gasteiger partial charge in [0, 0.05) is 57.5 Å². The fourth-order valence-electron chi connectivity index (χ4n) is 3.41. The van der Waals surface area contributed by atoms with Crippen molar-refractivity contribution < 1.29 is 5.11 Å². The molecule has 0 saturated carbocycles. The minimum Gasteiger partial charge on any atom is -0.395 e. The van der Waals surface area contributed by atoms with Crippen LogP contribution in [0.2, 0.25) is 0 Å². The Morgan fingerprint density at radius 2 is 1.75 bits per heavy atom. The zero-order valence-electron chi connectivity index (χ0n) is 12.1. The lowest BCUT2D eigenvalue weighted by atomic mass is 10.2. The molecule has 4 heteroatoms. The summed E-state index contributed by atoms with van der Waals surface area (Å²) in [7, 11) is 0. The van der Waals surface area contributed by atoms with Crippen molar-refractivity contribution in [1.29, 1.82) is 0 Å². The summed E-state index contributed by atoms with van der Waals surface area (Å²) in [5.74, 6) is 0. The molecule has 0 radical (unpaired) electrons. The van der Waals surface area contributed by atoms with Gasteiger partial charge in [0.05, 0.1) is 6.61 Å². The molecule has 2 fully saturated rings. The molecule has 2 aliphatic heterocycles. The van der Waals surface area contributed by atoms with E-state index in [9.17, 15) is 0 Å². The van der Waals surface area contributed by atoms with Crippen LogP contribution in [0, 0.1) is 0 Å². The topological polar surface area (TPSA) is 30.0 Å². The Morgan fingerprint density at radius 3 is 2.45 bits per heavy atom. The predicted molar refractivity (Wildman–Crippen MR) is 82.2 cm³/mol. The van der Waals surface area contributed by atoms with Gasteiger partial charge in [0.25, 0.3) is 0 Å². The van der Waals surface area contributed by atoms with Crippen LogP contribution in [0.4, 0.5) is 5.69 Å². The summed E-state index contributed by atoms with van der Waals surface area (Å²) in [5, 5.41) is 8.99. The molecule has 0 aliphatic carbocycles. The minimum absolute atomic E-state index is 0.283. The molecule has 0 aromatic heterocycles. The van der Waals surface area contributed by atoms with Crippen molar-refractivity contribution in [2.24, 2.45) is 0 Å². The fourth-order valence-corrected chi connectivity index (χ4v) is 3.41. The third kappa shape index (κ3) is 3.14. The van der Waals surface area contributed by atoms with Crippen LogP contribution in [-0.4, -0.2) is 73.4 Å². The maximum absolute atomic E-state index is 8.99. The number of hydrogen-bond acceptors (Lipinski definition) is 4. The van der Waals surface area contributed by atoms with Crippen LogP contribution in [0.3, 0.4) is 0 Å². The van der Waals surface area contributed by atoms with E-state index in [4.69, 9.17) is 5.11 Å². The second-order valence-corrected chi connectivity index (χ2v) is 5.83. The number of piperazine rings is 1. The molecule has 2 saturated heterocycles. The van der Waals surface area contributed by atoms with Crippen LogP contribution in [0.1, 0.15) is 6.42 Å². The number of anilines is 1. The van der Waals surface area contributed by atoms with Crippen molar-refractivity contribution in [3.8, 4) is 0 Å². The van der Waals surface area contributed by atoms with Gasteiger partial charge in [-0.15, -0.1) is 0 Å².